The summed E-state index contributed by atoms with van der Waals surface area (Å²) in [6.07, 6.45) is 1.74. The van der Waals surface area contributed by atoms with E-state index in [2.05, 4.69) is 47.0 Å². The van der Waals surface area contributed by atoms with Gasteiger partial charge >= 0.3 is 0 Å². The minimum absolute atomic E-state index is 0.00198. The van der Waals surface area contributed by atoms with Gasteiger partial charge in [0, 0.05) is 20.8 Å². The molecule has 0 radical (unpaired) electrons. The van der Waals surface area contributed by atoms with Crippen LogP contribution in [0.25, 0.3) is 10.9 Å². The van der Waals surface area contributed by atoms with E-state index in [9.17, 15) is 4.79 Å². The van der Waals surface area contributed by atoms with Crippen molar-refractivity contribution in [1.82, 2.24) is 4.98 Å². The molecule has 1 aromatic heterocycles. The second kappa shape index (κ2) is 6.14. The Balaban J connectivity index is 2.15. The van der Waals surface area contributed by atoms with E-state index in [-0.39, 0.29) is 10.7 Å². The van der Waals surface area contributed by atoms with Gasteiger partial charge in [0.05, 0.1) is 17.0 Å². The normalized spacial score (nSPS) is 11.6. The molecule has 0 fully saturated rings. The number of para-hydroxylation sites is 1. The average Bonchev–Trinajstić information content (AvgIpc) is 2.35. The summed E-state index contributed by atoms with van der Waals surface area (Å²) in [5.41, 5.74) is 1.57. The molecule has 0 unspecified atom stereocenters. The molecule has 0 spiro atoms. The van der Waals surface area contributed by atoms with Crippen LogP contribution in [0.3, 0.4) is 0 Å². The molecule has 2 rings (SSSR count). The zero-order chi connectivity index (χ0) is 14.8. The van der Waals surface area contributed by atoms with Crippen LogP contribution in [-0.4, -0.2) is 21.4 Å². The number of amides is 1. The molecule has 20 heavy (non-hydrogen) atoms. The van der Waals surface area contributed by atoms with Gasteiger partial charge in [-0.15, -0.1) is 11.8 Å². The first-order chi connectivity index (χ1) is 9.35. The van der Waals surface area contributed by atoms with E-state index in [1.807, 2.05) is 24.3 Å². The number of aromatic nitrogens is 1. The number of pyridine rings is 1. The van der Waals surface area contributed by atoms with E-state index in [0.29, 0.717) is 5.75 Å². The fourth-order valence-corrected chi connectivity index (χ4v) is 2.69. The van der Waals surface area contributed by atoms with Crippen LogP contribution in [0.2, 0.25) is 0 Å². The Morgan fingerprint density at radius 2 is 2.15 bits per heavy atom. The van der Waals surface area contributed by atoms with Crippen LogP contribution in [0.1, 0.15) is 20.8 Å². The van der Waals surface area contributed by atoms with Gasteiger partial charge in [0.15, 0.2) is 0 Å². The molecule has 0 bridgehead atoms. The van der Waals surface area contributed by atoms with Gasteiger partial charge in [-0.2, -0.15) is 0 Å². The molecule has 106 valence electrons. The van der Waals surface area contributed by atoms with Crippen molar-refractivity contribution in [2.45, 2.75) is 25.5 Å². The maximum absolute atomic E-state index is 12.0. The first-order valence-corrected chi connectivity index (χ1v) is 8.11. The lowest BCUT2D eigenvalue weighted by Crippen LogP contribution is -2.19. The molecule has 2 aromatic rings. The van der Waals surface area contributed by atoms with Gasteiger partial charge in [0.1, 0.15) is 0 Å². The van der Waals surface area contributed by atoms with E-state index in [0.717, 1.165) is 21.1 Å². The number of nitrogens with one attached hydrogen (secondary N) is 1. The lowest BCUT2D eigenvalue weighted by molar-refractivity contribution is -0.113. The molecule has 1 aromatic carbocycles. The number of carbonyl (C=O) groups is 1. The summed E-state index contributed by atoms with van der Waals surface area (Å²) < 4.78 is 1.01. The third-order valence-electron chi connectivity index (χ3n) is 2.59. The Bertz CT molecular complexity index is 637. The third-order valence-corrected chi connectivity index (χ3v) is 4.29. The summed E-state index contributed by atoms with van der Waals surface area (Å²) in [6, 6.07) is 7.76. The average molecular weight is 353 g/mol. The maximum Gasteiger partial charge on any atom is 0.234 e. The van der Waals surface area contributed by atoms with Crippen molar-refractivity contribution in [2.24, 2.45) is 0 Å². The van der Waals surface area contributed by atoms with E-state index in [4.69, 9.17) is 0 Å². The Morgan fingerprint density at radius 1 is 1.40 bits per heavy atom. The van der Waals surface area contributed by atoms with Crippen molar-refractivity contribution in [3.63, 3.8) is 0 Å². The first kappa shape index (κ1) is 15.3. The Morgan fingerprint density at radius 3 is 2.85 bits per heavy atom. The van der Waals surface area contributed by atoms with Gasteiger partial charge in [-0.1, -0.05) is 32.9 Å². The van der Waals surface area contributed by atoms with Gasteiger partial charge < -0.3 is 5.32 Å². The zero-order valence-corrected chi connectivity index (χ0v) is 14.1. The van der Waals surface area contributed by atoms with Crippen LogP contribution >= 0.6 is 27.7 Å². The number of nitrogens with zero attached hydrogens (tertiary/aromatic N) is 1. The molecule has 0 aliphatic carbocycles. The SMILES string of the molecule is CC(C)(C)SCC(=O)Nc1cccc2cc(Br)cnc12. The number of hydrogen-bond donors (Lipinski definition) is 1. The van der Waals surface area contributed by atoms with Gasteiger partial charge in [-0.05, 0) is 28.1 Å². The largest absolute Gasteiger partial charge is 0.323 e. The van der Waals surface area contributed by atoms with Crippen molar-refractivity contribution in [2.75, 3.05) is 11.1 Å². The molecular formula is C15H17BrN2OS. The summed E-state index contributed by atoms with van der Waals surface area (Å²) in [7, 11) is 0. The van der Waals surface area contributed by atoms with Gasteiger partial charge in [0.2, 0.25) is 5.91 Å². The second-order valence-electron chi connectivity index (χ2n) is 5.48. The highest BCUT2D eigenvalue weighted by Gasteiger charge is 2.14. The van der Waals surface area contributed by atoms with Crippen molar-refractivity contribution in [1.29, 1.82) is 0 Å². The highest BCUT2D eigenvalue weighted by Crippen LogP contribution is 2.26. The second-order valence-corrected chi connectivity index (χ2v) is 8.20. The first-order valence-electron chi connectivity index (χ1n) is 6.33. The number of fused-ring (bicyclic) bond motifs is 1. The van der Waals surface area contributed by atoms with Crippen LogP contribution in [0.15, 0.2) is 34.9 Å². The third kappa shape index (κ3) is 4.21. The summed E-state index contributed by atoms with van der Waals surface area (Å²) in [6.45, 7) is 6.30. The molecule has 1 heterocycles. The van der Waals surface area contributed by atoms with Gasteiger partial charge in [-0.25, -0.2) is 0 Å². The number of carbonyl (C=O) groups excluding carboxylic acids is 1. The number of thioether (sulfide) groups is 1. The Hall–Kier alpha value is -1.07. The molecule has 0 atom stereocenters. The van der Waals surface area contributed by atoms with Gasteiger partial charge in [-0.3, -0.25) is 9.78 Å². The monoisotopic (exact) mass is 352 g/mol. The molecule has 5 heteroatoms. The number of benzene rings is 1. The van der Waals surface area contributed by atoms with E-state index < -0.39 is 0 Å². The summed E-state index contributed by atoms with van der Waals surface area (Å²) in [4.78, 5) is 16.4. The minimum Gasteiger partial charge on any atom is -0.323 e. The van der Waals surface area contributed by atoms with Crippen LogP contribution in [0.5, 0.6) is 0 Å². The van der Waals surface area contributed by atoms with Gasteiger partial charge in [0.25, 0.3) is 0 Å². The quantitative estimate of drug-likeness (QED) is 0.885. The molecule has 1 amide bonds. The topological polar surface area (TPSA) is 42.0 Å². The van der Waals surface area contributed by atoms with Crippen molar-refractivity contribution >= 4 is 50.2 Å². The van der Waals surface area contributed by atoms with Crippen LogP contribution in [0, 0.1) is 0 Å². The highest BCUT2D eigenvalue weighted by atomic mass is 79.9. The number of rotatable bonds is 3. The summed E-state index contributed by atoms with van der Waals surface area (Å²) in [5.74, 6) is 0.443. The molecule has 0 saturated heterocycles. The van der Waals surface area contributed by atoms with Crippen molar-refractivity contribution < 1.29 is 4.79 Å². The minimum atomic E-state index is 0.00198. The maximum atomic E-state index is 12.0. The molecule has 0 saturated carbocycles. The zero-order valence-electron chi connectivity index (χ0n) is 11.7. The summed E-state index contributed by atoms with van der Waals surface area (Å²) >= 11 is 5.03. The van der Waals surface area contributed by atoms with Crippen LogP contribution in [0.4, 0.5) is 5.69 Å². The molecular weight excluding hydrogens is 336 g/mol. The Labute approximate surface area is 131 Å². The van der Waals surface area contributed by atoms with Crippen molar-refractivity contribution in [3.05, 3.63) is 34.9 Å². The molecule has 3 nitrogen and oxygen atoms in total. The fraction of sp³-hybridized carbons (Fsp3) is 0.333. The number of anilines is 1. The number of halogens is 1. The molecule has 0 aliphatic rings. The highest BCUT2D eigenvalue weighted by molar-refractivity contribution is 9.10. The predicted molar refractivity (Wildman–Crippen MR) is 90.3 cm³/mol. The van der Waals surface area contributed by atoms with Crippen LogP contribution in [-0.2, 0) is 4.79 Å². The predicted octanol–water partition coefficient (Wildman–Crippen LogP) is 4.47. The smallest absolute Gasteiger partial charge is 0.234 e. The number of hydrogen-bond acceptors (Lipinski definition) is 3. The lowest BCUT2D eigenvalue weighted by atomic mass is 10.2. The van der Waals surface area contributed by atoms with Crippen molar-refractivity contribution in [3.8, 4) is 0 Å². The molecule has 1 N–H and O–H groups in total. The molecule has 0 aliphatic heterocycles. The fourth-order valence-electron chi connectivity index (χ4n) is 1.70. The lowest BCUT2D eigenvalue weighted by Gasteiger charge is -2.17. The Kier molecular flexibility index (Phi) is 4.70. The van der Waals surface area contributed by atoms with E-state index in [1.165, 1.54) is 0 Å². The summed E-state index contributed by atoms with van der Waals surface area (Å²) in [5, 5.41) is 3.94. The van der Waals surface area contributed by atoms with Crippen LogP contribution < -0.4 is 5.32 Å². The van der Waals surface area contributed by atoms with E-state index >= 15 is 0 Å². The van der Waals surface area contributed by atoms with E-state index in [1.54, 1.807) is 18.0 Å². The standard InChI is InChI=1S/C15H17BrN2OS/c1-15(2,3)20-9-13(19)18-12-6-4-5-10-7-11(16)8-17-14(10)12/h4-8H,9H2,1-3H3,(H,18,19).